The summed E-state index contributed by atoms with van der Waals surface area (Å²) in [4.78, 5) is 26.9. The molecule has 1 aromatic heterocycles. The molecule has 0 saturated carbocycles. The molecule has 1 heterocycles. The molecule has 25 heavy (non-hydrogen) atoms. The molecule has 2 amide bonds. The van der Waals surface area contributed by atoms with Crippen molar-refractivity contribution in [1.82, 2.24) is 4.98 Å². The molecule has 0 fully saturated rings. The van der Waals surface area contributed by atoms with Crippen molar-refractivity contribution in [3.05, 3.63) is 60.0 Å². The highest BCUT2D eigenvalue weighted by molar-refractivity contribution is 6.06. The number of aromatic amines is 1. The fraction of sp³-hybridized carbons (Fsp3) is 0.158. The van der Waals surface area contributed by atoms with Gasteiger partial charge in [0.2, 0.25) is 5.91 Å². The minimum Gasteiger partial charge on any atom is -0.350 e. The number of carbonyl (C=O) groups is 2. The van der Waals surface area contributed by atoms with Gasteiger partial charge < -0.3 is 15.6 Å². The first-order valence-electron chi connectivity index (χ1n) is 8.05. The van der Waals surface area contributed by atoms with Crippen LogP contribution in [0, 0.1) is 5.82 Å². The first-order valence-corrected chi connectivity index (χ1v) is 8.05. The lowest BCUT2D eigenvalue weighted by atomic mass is 10.2. The average Bonchev–Trinajstić information content (AvgIpc) is 3.01. The number of fused-ring (bicyclic) bond motifs is 1. The van der Waals surface area contributed by atoms with Crippen LogP contribution >= 0.6 is 0 Å². The molecule has 0 aliphatic carbocycles. The number of anilines is 2. The van der Waals surface area contributed by atoms with Crippen LogP contribution in [0.15, 0.2) is 48.5 Å². The average molecular weight is 339 g/mol. The van der Waals surface area contributed by atoms with Gasteiger partial charge in [-0.1, -0.05) is 19.1 Å². The summed E-state index contributed by atoms with van der Waals surface area (Å²) in [6.07, 6.45) is 1.20. The minimum atomic E-state index is -0.382. The van der Waals surface area contributed by atoms with Gasteiger partial charge in [0.1, 0.15) is 11.5 Å². The number of benzene rings is 2. The SMILES string of the molecule is CCCC(=O)Nc1cccc(NC(=O)c2cc3c(F)cccc3[nH]2)c1. The van der Waals surface area contributed by atoms with Crippen molar-refractivity contribution < 1.29 is 14.0 Å². The fourth-order valence-corrected chi connectivity index (χ4v) is 2.56. The highest BCUT2D eigenvalue weighted by atomic mass is 19.1. The van der Waals surface area contributed by atoms with Crippen LogP contribution in [0.2, 0.25) is 0 Å². The van der Waals surface area contributed by atoms with Gasteiger partial charge in [0.05, 0.1) is 0 Å². The molecule has 6 heteroatoms. The third kappa shape index (κ3) is 3.85. The lowest BCUT2D eigenvalue weighted by Gasteiger charge is -2.08. The van der Waals surface area contributed by atoms with Crippen molar-refractivity contribution in [2.45, 2.75) is 19.8 Å². The molecule has 0 atom stereocenters. The Morgan fingerprint density at radius 3 is 2.48 bits per heavy atom. The molecule has 5 nitrogen and oxygen atoms in total. The van der Waals surface area contributed by atoms with Gasteiger partial charge in [-0.05, 0) is 42.8 Å². The number of halogens is 1. The number of H-pyrrole nitrogens is 1. The topological polar surface area (TPSA) is 74.0 Å². The number of hydrogen-bond acceptors (Lipinski definition) is 2. The lowest BCUT2D eigenvalue weighted by Crippen LogP contribution is -2.13. The molecule has 0 unspecified atom stereocenters. The molecule has 0 bridgehead atoms. The van der Waals surface area contributed by atoms with Crippen LogP contribution in [0.1, 0.15) is 30.3 Å². The maximum atomic E-state index is 13.7. The van der Waals surface area contributed by atoms with Gasteiger partial charge in [0.25, 0.3) is 5.91 Å². The predicted molar refractivity (Wildman–Crippen MR) is 96.2 cm³/mol. The molecule has 0 saturated heterocycles. The van der Waals surface area contributed by atoms with Gasteiger partial charge in [-0.15, -0.1) is 0 Å². The highest BCUT2D eigenvalue weighted by Crippen LogP contribution is 2.20. The van der Waals surface area contributed by atoms with E-state index in [-0.39, 0.29) is 23.3 Å². The van der Waals surface area contributed by atoms with Crippen molar-refractivity contribution in [2.24, 2.45) is 0 Å². The van der Waals surface area contributed by atoms with E-state index in [1.807, 2.05) is 6.92 Å². The number of rotatable bonds is 5. The van der Waals surface area contributed by atoms with Crippen LogP contribution in [0.5, 0.6) is 0 Å². The molecular formula is C19H18FN3O2. The first-order chi connectivity index (χ1) is 12.1. The van der Waals surface area contributed by atoms with E-state index >= 15 is 0 Å². The molecule has 0 aliphatic heterocycles. The van der Waals surface area contributed by atoms with Gasteiger partial charge in [0.15, 0.2) is 0 Å². The van der Waals surface area contributed by atoms with Gasteiger partial charge in [-0.25, -0.2) is 4.39 Å². The molecule has 0 spiro atoms. The third-order valence-electron chi connectivity index (χ3n) is 3.74. The number of amides is 2. The van der Waals surface area contributed by atoms with Crippen LogP contribution < -0.4 is 10.6 Å². The predicted octanol–water partition coefficient (Wildman–Crippen LogP) is 4.30. The summed E-state index contributed by atoms with van der Waals surface area (Å²) in [5, 5.41) is 5.89. The van der Waals surface area contributed by atoms with E-state index in [1.54, 1.807) is 36.4 Å². The van der Waals surface area contributed by atoms with E-state index < -0.39 is 0 Å². The van der Waals surface area contributed by atoms with Gasteiger partial charge in [0, 0.05) is 28.7 Å². The summed E-state index contributed by atoms with van der Waals surface area (Å²) in [7, 11) is 0. The van der Waals surface area contributed by atoms with E-state index in [2.05, 4.69) is 15.6 Å². The van der Waals surface area contributed by atoms with Crippen LogP contribution in [-0.4, -0.2) is 16.8 Å². The van der Waals surface area contributed by atoms with Crippen molar-refractivity contribution in [1.29, 1.82) is 0 Å². The molecule has 3 rings (SSSR count). The van der Waals surface area contributed by atoms with Crippen LogP contribution in [-0.2, 0) is 4.79 Å². The van der Waals surface area contributed by atoms with E-state index in [9.17, 15) is 14.0 Å². The number of carbonyl (C=O) groups excluding carboxylic acids is 2. The Labute approximate surface area is 144 Å². The number of nitrogens with one attached hydrogen (secondary N) is 3. The number of aromatic nitrogens is 1. The first kappa shape index (κ1) is 16.7. The normalized spacial score (nSPS) is 10.6. The summed E-state index contributed by atoms with van der Waals surface area (Å²) in [6.45, 7) is 1.93. The van der Waals surface area contributed by atoms with Crippen LogP contribution in [0.4, 0.5) is 15.8 Å². The Kier molecular flexibility index (Phi) is 4.79. The molecule has 0 radical (unpaired) electrons. The standard InChI is InChI=1S/C19H18FN3O2/c1-2-5-18(24)21-12-6-3-7-13(10-12)22-19(25)17-11-14-15(20)8-4-9-16(14)23-17/h3-4,6-11,23H,2,5H2,1H3,(H,21,24)(H,22,25). The van der Waals surface area contributed by atoms with E-state index in [1.165, 1.54) is 12.1 Å². The molecule has 3 N–H and O–H groups in total. The smallest absolute Gasteiger partial charge is 0.272 e. The molecule has 2 aromatic carbocycles. The summed E-state index contributed by atoms with van der Waals surface area (Å²) >= 11 is 0. The zero-order valence-corrected chi connectivity index (χ0v) is 13.7. The van der Waals surface area contributed by atoms with Crippen molar-refractivity contribution >= 4 is 34.1 Å². The van der Waals surface area contributed by atoms with E-state index in [4.69, 9.17) is 0 Å². The zero-order valence-electron chi connectivity index (χ0n) is 13.7. The van der Waals surface area contributed by atoms with E-state index in [0.29, 0.717) is 28.7 Å². The van der Waals surface area contributed by atoms with Crippen molar-refractivity contribution in [2.75, 3.05) is 10.6 Å². The minimum absolute atomic E-state index is 0.0722. The molecule has 128 valence electrons. The van der Waals surface area contributed by atoms with Gasteiger partial charge in [-0.3, -0.25) is 9.59 Å². The van der Waals surface area contributed by atoms with E-state index in [0.717, 1.165) is 6.42 Å². The van der Waals surface area contributed by atoms with Crippen molar-refractivity contribution in [3.63, 3.8) is 0 Å². The second kappa shape index (κ2) is 7.17. The highest BCUT2D eigenvalue weighted by Gasteiger charge is 2.12. The largest absolute Gasteiger partial charge is 0.350 e. The second-order valence-electron chi connectivity index (χ2n) is 5.72. The summed E-state index contributed by atoms with van der Waals surface area (Å²) in [5.41, 5.74) is 1.98. The third-order valence-corrected chi connectivity index (χ3v) is 3.74. The Morgan fingerprint density at radius 2 is 1.76 bits per heavy atom. The number of hydrogen-bond donors (Lipinski definition) is 3. The summed E-state index contributed by atoms with van der Waals surface area (Å²) < 4.78 is 13.7. The quantitative estimate of drug-likeness (QED) is 0.648. The summed E-state index contributed by atoms with van der Waals surface area (Å²) in [6, 6.07) is 13.0. The Morgan fingerprint density at radius 1 is 1.04 bits per heavy atom. The Hall–Kier alpha value is -3.15. The van der Waals surface area contributed by atoms with Gasteiger partial charge >= 0.3 is 0 Å². The van der Waals surface area contributed by atoms with Crippen LogP contribution in [0.25, 0.3) is 10.9 Å². The molecule has 3 aromatic rings. The molecular weight excluding hydrogens is 321 g/mol. The Balaban J connectivity index is 1.76. The van der Waals surface area contributed by atoms with Crippen molar-refractivity contribution in [3.8, 4) is 0 Å². The maximum absolute atomic E-state index is 13.7. The maximum Gasteiger partial charge on any atom is 0.272 e. The lowest BCUT2D eigenvalue weighted by molar-refractivity contribution is -0.116. The monoisotopic (exact) mass is 339 g/mol. The second-order valence-corrected chi connectivity index (χ2v) is 5.72. The molecule has 0 aliphatic rings. The summed E-state index contributed by atoms with van der Waals surface area (Å²) in [5.74, 6) is -0.835. The van der Waals surface area contributed by atoms with Gasteiger partial charge in [-0.2, -0.15) is 0 Å². The Bertz CT molecular complexity index is 933. The zero-order chi connectivity index (χ0) is 17.8. The van der Waals surface area contributed by atoms with Crippen LogP contribution in [0.3, 0.4) is 0 Å². The fourth-order valence-electron chi connectivity index (χ4n) is 2.56.